The van der Waals surface area contributed by atoms with Crippen LogP contribution in [0, 0.1) is 5.92 Å². The minimum atomic E-state index is -0.0236. The summed E-state index contributed by atoms with van der Waals surface area (Å²) in [6, 6.07) is -0.0236. The van der Waals surface area contributed by atoms with Crippen LogP contribution in [0.1, 0.15) is 38.4 Å². The van der Waals surface area contributed by atoms with Gasteiger partial charge in [-0.2, -0.15) is 5.10 Å². The molecule has 1 aromatic rings. The number of nitrogens with two attached hydrogens (primary N) is 1. The molecule has 0 aliphatic heterocycles. The SMILES string of the molecule is CC(C)CCC(N)c1c(Cl)cnn1CCN(C)C. The second-order valence-electron chi connectivity index (χ2n) is 5.48. The van der Waals surface area contributed by atoms with E-state index in [0.717, 1.165) is 31.6 Å². The lowest BCUT2D eigenvalue weighted by atomic mass is 10.0. The Morgan fingerprint density at radius 3 is 2.61 bits per heavy atom. The molecule has 5 heteroatoms. The van der Waals surface area contributed by atoms with E-state index < -0.39 is 0 Å². The number of nitrogens with zero attached hydrogens (tertiary/aromatic N) is 3. The molecule has 1 unspecified atom stereocenters. The Kier molecular flexibility index (Phi) is 6.12. The molecule has 0 aliphatic carbocycles. The molecule has 0 fully saturated rings. The van der Waals surface area contributed by atoms with Gasteiger partial charge < -0.3 is 10.6 Å². The van der Waals surface area contributed by atoms with E-state index in [1.807, 2.05) is 18.8 Å². The lowest BCUT2D eigenvalue weighted by Crippen LogP contribution is -2.23. The maximum atomic E-state index is 6.24. The second kappa shape index (κ2) is 7.12. The summed E-state index contributed by atoms with van der Waals surface area (Å²) >= 11 is 6.19. The predicted molar refractivity (Wildman–Crippen MR) is 76.8 cm³/mol. The molecule has 0 radical (unpaired) electrons. The predicted octanol–water partition coefficient (Wildman–Crippen LogP) is 2.53. The van der Waals surface area contributed by atoms with Gasteiger partial charge in [-0.25, -0.2) is 0 Å². The fraction of sp³-hybridized carbons (Fsp3) is 0.769. The lowest BCUT2D eigenvalue weighted by Gasteiger charge is -2.17. The lowest BCUT2D eigenvalue weighted by molar-refractivity contribution is 0.364. The average molecular weight is 273 g/mol. The van der Waals surface area contributed by atoms with Crippen molar-refractivity contribution in [3.8, 4) is 0 Å². The minimum Gasteiger partial charge on any atom is -0.323 e. The van der Waals surface area contributed by atoms with Gasteiger partial charge in [0.2, 0.25) is 0 Å². The molecular formula is C13H25ClN4. The quantitative estimate of drug-likeness (QED) is 0.830. The standard InChI is InChI=1S/C13H25ClN4/c1-10(2)5-6-12(15)13-11(14)9-16-18(13)8-7-17(3)4/h9-10,12H,5-8,15H2,1-4H3. The fourth-order valence-electron chi connectivity index (χ4n) is 1.86. The Morgan fingerprint density at radius 2 is 2.06 bits per heavy atom. The molecule has 0 amide bonds. The first kappa shape index (κ1) is 15.5. The van der Waals surface area contributed by atoms with Crippen LogP contribution >= 0.6 is 11.6 Å². The zero-order valence-corrected chi connectivity index (χ0v) is 12.6. The van der Waals surface area contributed by atoms with Crippen LogP contribution in [0.2, 0.25) is 5.02 Å². The second-order valence-corrected chi connectivity index (χ2v) is 5.89. The van der Waals surface area contributed by atoms with Gasteiger partial charge in [-0.05, 0) is 32.9 Å². The summed E-state index contributed by atoms with van der Waals surface area (Å²) in [7, 11) is 4.09. The summed E-state index contributed by atoms with van der Waals surface area (Å²) in [5.41, 5.74) is 7.21. The van der Waals surface area contributed by atoms with Crippen molar-refractivity contribution >= 4 is 11.6 Å². The van der Waals surface area contributed by atoms with E-state index in [2.05, 4.69) is 23.8 Å². The zero-order chi connectivity index (χ0) is 13.7. The molecule has 2 N–H and O–H groups in total. The molecule has 4 nitrogen and oxygen atoms in total. The maximum absolute atomic E-state index is 6.24. The van der Waals surface area contributed by atoms with Crippen molar-refractivity contribution in [2.75, 3.05) is 20.6 Å². The van der Waals surface area contributed by atoms with Gasteiger partial charge in [0.15, 0.2) is 0 Å². The van der Waals surface area contributed by atoms with Crippen LogP contribution in [0.25, 0.3) is 0 Å². The monoisotopic (exact) mass is 272 g/mol. The Morgan fingerprint density at radius 1 is 1.39 bits per heavy atom. The van der Waals surface area contributed by atoms with Crippen LogP contribution in [-0.2, 0) is 6.54 Å². The summed E-state index contributed by atoms with van der Waals surface area (Å²) in [6.07, 6.45) is 3.75. The van der Waals surface area contributed by atoms with Crippen LogP contribution in [0.4, 0.5) is 0 Å². The molecule has 1 aromatic heterocycles. The highest BCUT2D eigenvalue weighted by Crippen LogP contribution is 2.25. The van der Waals surface area contributed by atoms with Gasteiger partial charge in [-0.3, -0.25) is 4.68 Å². The Labute approximate surface area is 115 Å². The Hall–Kier alpha value is -0.580. The van der Waals surface area contributed by atoms with Crippen molar-refractivity contribution in [1.82, 2.24) is 14.7 Å². The first-order valence-electron chi connectivity index (χ1n) is 6.53. The minimum absolute atomic E-state index is 0.0236. The summed E-state index contributed by atoms with van der Waals surface area (Å²) in [5, 5.41) is 5.00. The highest BCUT2D eigenvalue weighted by molar-refractivity contribution is 6.31. The topological polar surface area (TPSA) is 47.1 Å². The van der Waals surface area contributed by atoms with Gasteiger partial charge in [0.05, 0.1) is 23.5 Å². The zero-order valence-electron chi connectivity index (χ0n) is 11.9. The van der Waals surface area contributed by atoms with Crippen molar-refractivity contribution in [2.45, 2.75) is 39.3 Å². The third-order valence-electron chi connectivity index (χ3n) is 3.00. The van der Waals surface area contributed by atoms with Crippen LogP contribution in [0.3, 0.4) is 0 Å². The third-order valence-corrected chi connectivity index (χ3v) is 3.29. The normalized spacial score (nSPS) is 13.6. The van der Waals surface area contributed by atoms with Crippen LogP contribution in [-0.4, -0.2) is 35.3 Å². The van der Waals surface area contributed by atoms with Gasteiger partial charge in [0, 0.05) is 12.6 Å². The average Bonchev–Trinajstić information content (AvgIpc) is 2.64. The van der Waals surface area contributed by atoms with Crippen molar-refractivity contribution in [1.29, 1.82) is 0 Å². The smallest absolute Gasteiger partial charge is 0.0834 e. The highest BCUT2D eigenvalue weighted by Gasteiger charge is 2.17. The van der Waals surface area contributed by atoms with Crippen LogP contribution < -0.4 is 5.73 Å². The fourth-order valence-corrected chi connectivity index (χ4v) is 2.14. The Balaban J connectivity index is 2.70. The van der Waals surface area contributed by atoms with Gasteiger partial charge in [0.25, 0.3) is 0 Å². The number of aromatic nitrogens is 2. The van der Waals surface area contributed by atoms with E-state index in [1.165, 1.54) is 0 Å². The van der Waals surface area contributed by atoms with Crippen molar-refractivity contribution in [3.05, 3.63) is 16.9 Å². The van der Waals surface area contributed by atoms with Crippen molar-refractivity contribution in [3.63, 3.8) is 0 Å². The molecule has 18 heavy (non-hydrogen) atoms. The highest BCUT2D eigenvalue weighted by atomic mass is 35.5. The number of likely N-dealkylation sites (N-methyl/N-ethyl adjacent to an activating group) is 1. The van der Waals surface area contributed by atoms with Crippen LogP contribution in [0.5, 0.6) is 0 Å². The molecule has 0 spiro atoms. The number of hydrogen-bond acceptors (Lipinski definition) is 3. The molecule has 0 aliphatic rings. The largest absolute Gasteiger partial charge is 0.323 e. The van der Waals surface area contributed by atoms with Crippen LogP contribution in [0.15, 0.2) is 6.20 Å². The molecule has 1 atom stereocenters. The summed E-state index contributed by atoms with van der Waals surface area (Å²) in [4.78, 5) is 2.12. The van der Waals surface area contributed by atoms with E-state index in [0.29, 0.717) is 10.9 Å². The summed E-state index contributed by atoms with van der Waals surface area (Å²) < 4.78 is 1.94. The van der Waals surface area contributed by atoms with Crippen molar-refractivity contribution in [2.24, 2.45) is 11.7 Å². The van der Waals surface area contributed by atoms with Gasteiger partial charge >= 0.3 is 0 Å². The molecule has 0 saturated heterocycles. The molecule has 1 rings (SSSR count). The third kappa shape index (κ3) is 4.59. The number of rotatable bonds is 7. The number of hydrogen-bond donors (Lipinski definition) is 1. The van der Waals surface area contributed by atoms with E-state index in [4.69, 9.17) is 17.3 Å². The summed E-state index contributed by atoms with van der Waals surface area (Å²) in [5.74, 6) is 0.660. The van der Waals surface area contributed by atoms with Gasteiger partial charge in [-0.1, -0.05) is 25.4 Å². The van der Waals surface area contributed by atoms with Gasteiger partial charge in [-0.15, -0.1) is 0 Å². The molecule has 1 heterocycles. The first-order chi connectivity index (χ1) is 8.41. The van der Waals surface area contributed by atoms with E-state index >= 15 is 0 Å². The number of halogens is 1. The van der Waals surface area contributed by atoms with Gasteiger partial charge in [0.1, 0.15) is 0 Å². The molecule has 104 valence electrons. The maximum Gasteiger partial charge on any atom is 0.0834 e. The van der Waals surface area contributed by atoms with Crippen molar-refractivity contribution < 1.29 is 0 Å². The van der Waals surface area contributed by atoms with E-state index in [1.54, 1.807) is 6.20 Å². The Bertz CT molecular complexity index is 360. The molecular weight excluding hydrogens is 248 g/mol. The van der Waals surface area contributed by atoms with E-state index in [9.17, 15) is 0 Å². The molecule has 0 aromatic carbocycles. The molecule has 0 saturated carbocycles. The molecule has 0 bridgehead atoms. The first-order valence-corrected chi connectivity index (χ1v) is 6.91. The van der Waals surface area contributed by atoms with E-state index in [-0.39, 0.29) is 6.04 Å². The summed E-state index contributed by atoms with van der Waals surface area (Å²) in [6.45, 7) is 6.17.